The van der Waals surface area contributed by atoms with Crippen molar-refractivity contribution in [3.63, 3.8) is 0 Å². The van der Waals surface area contributed by atoms with Crippen LogP contribution < -0.4 is 9.47 Å². The molecule has 116 valence electrons. The minimum Gasteiger partial charge on any atom is -0.496 e. The Morgan fingerprint density at radius 3 is 2.77 bits per heavy atom. The third-order valence-electron chi connectivity index (χ3n) is 3.94. The van der Waals surface area contributed by atoms with Crippen LogP contribution in [0.5, 0.6) is 11.6 Å². The minimum atomic E-state index is -0.640. The highest BCUT2D eigenvalue weighted by molar-refractivity contribution is 5.87. The Kier molecular flexibility index (Phi) is 3.43. The number of rotatable bonds is 2. The highest BCUT2D eigenvalue weighted by Crippen LogP contribution is 2.41. The normalized spacial score (nSPS) is 19.2. The Morgan fingerprint density at radius 1 is 1.36 bits per heavy atom. The van der Waals surface area contributed by atoms with Gasteiger partial charge in [0.05, 0.1) is 18.2 Å². The van der Waals surface area contributed by atoms with E-state index in [0.717, 1.165) is 22.2 Å². The van der Waals surface area contributed by atoms with Crippen molar-refractivity contribution >= 4 is 16.9 Å². The number of benzene rings is 1. The molecule has 0 saturated carbocycles. The fourth-order valence-corrected chi connectivity index (χ4v) is 2.83. The molecule has 0 aliphatic carbocycles. The lowest BCUT2D eigenvalue weighted by Crippen LogP contribution is -2.49. The van der Waals surface area contributed by atoms with Crippen molar-refractivity contribution in [3.8, 4) is 11.6 Å². The second-order valence-electron chi connectivity index (χ2n) is 5.95. The van der Waals surface area contributed by atoms with Crippen molar-refractivity contribution in [2.75, 3.05) is 7.11 Å². The van der Waals surface area contributed by atoms with Crippen LogP contribution in [0.15, 0.2) is 24.3 Å². The molecule has 0 N–H and O–H groups in total. The van der Waals surface area contributed by atoms with Crippen LogP contribution in [0.1, 0.15) is 26.3 Å². The lowest BCUT2D eigenvalue weighted by atomic mass is 9.91. The Balaban J connectivity index is 2.15. The minimum absolute atomic E-state index is 0.321. The van der Waals surface area contributed by atoms with Crippen LogP contribution in [0.3, 0.4) is 0 Å². The van der Waals surface area contributed by atoms with Crippen LogP contribution in [0, 0.1) is 0 Å². The Hall–Kier alpha value is -2.30. The van der Waals surface area contributed by atoms with Crippen LogP contribution >= 0.6 is 0 Å². The fraction of sp³-hybridized carbons (Fsp3) is 0.412. The fourth-order valence-electron chi connectivity index (χ4n) is 2.83. The number of pyridine rings is 1. The maximum absolute atomic E-state index is 11.4. The van der Waals surface area contributed by atoms with Gasteiger partial charge in [0.1, 0.15) is 17.5 Å². The van der Waals surface area contributed by atoms with E-state index in [1.807, 2.05) is 38.1 Å². The first-order valence-corrected chi connectivity index (χ1v) is 7.24. The molecule has 3 rings (SSSR count). The third kappa shape index (κ3) is 2.36. The number of hydrogen-bond acceptors (Lipinski definition) is 5. The van der Waals surface area contributed by atoms with Crippen LogP contribution in [-0.2, 0) is 16.0 Å². The molecular weight excluding hydrogens is 282 g/mol. The topological polar surface area (TPSA) is 57.6 Å². The largest absolute Gasteiger partial charge is 0.496 e. The van der Waals surface area contributed by atoms with Crippen molar-refractivity contribution in [2.24, 2.45) is 0 Å². The average Bonchev–Trinajstić information content (AvgIpc) is 2.45. The number of esters is 1. The number of fused-ring (bicyclic) bond motifs is 2. The first-order chi connectivity index (χ1) is 10.4. The number of aromatic nitrogens is 1. The summed E-state index contributed by atoms with van der Waals surface area (Å²) in [6.07, 6.45) is 0.137. The first-order valence-electron chi connectivity index (χ1n) is 7.24. The second kappa shape index (κ2) is 5.16. The number of carbonyl (C=O) groups excluding carboxylic acids is 1. The molecule has 1 atom stereocenters. The van der Waals surface area contributed by atoms with Gasteiger partial charge in [-0.1, -0.05) is 12.1 Å². The molecule has 1 aromatic carbocycles. The highest BCUT2D eigenvalue weighted by atomic mass is 16.6. The molecule has 1 aromatic heterocycles. The van der Waals surface area contributed by atoms with E-state index in [1.54, 1.807) is 7.11 Å². The van der Waals surface area contributed by atoms with E-state index < -0.39 is 5.60 Å². The molecule has 22 heavy (non-hydrogen) atoms. The maximum Gasteiger partial charge on any atom is 0.303 e. The molecule has 0 bridgehead atoms. The Morgan fingerprint density at radius 2 is 2.09 bits per heavy atom. The molecule has 1 aliphatic rings. The van der Waals surface area contributed by atoms with E-state index in [2.05, 4.69) is 4.98 Å². The smallest absolute Gasteiger partial charge is 0.303 e. The predicted octanol–water partition coefficient (Wildman–Crippen LogP) is 2.89. The molecule has 0 radical (unpaired) electrons. The molecule has 5 heteroatoms. The van der Waals surface area contributed by atoms with E-state index in [9.17, 15) is 4.79 Å². The zero-order chi connectivity index (χ0) is 15.9. The summed E-state index contributed by atoms with van der Waals surface area (Å²) in [5, 5.41) is 0.925. The van der Waals surface area contributed by atoms with Gasteiger partial charge in [0.2, 0.25) is 5.88 Å². The summed E-state index contributed by atoms with van der Waals surface area (Å²) >= 11 is 0. The summed E-state index contributed by atoms with van der Waals surface area (Å²) in [5.41, 5.74) is 1.02. The molecule has 5 nitrogen and oxygen atoms in total. The van der Waals surface area contributed by atoms with Gasteiger partial charge in [0, 0.05) is 18.7 Å². The van der Waals surface area contributed by atoms with E-state index in [4.69, 9.17) is 14.2 Å². The Labute approximate surface area is 129 Å². The van der Waals surface area contributed by atoms with Gasteiger partial charge in [0.15, 0.2) is 0 Å². The lowest BCUT2D eigenvalue weighted by molar-refractivity contribution is -0.158. The Bertz CT molecular complexity index is 739. The van der Waals surface area contributed by atoms with E-state index >= 15 is 0 Å². The van der Waals surface area contributed by atoms with Crippen molar-refractivity contribution in [1.29, 1.82) is 0 Å². The first kappa shape index (κ1) is 14.6. The monoisotopic (exact) mass is 301 g/mol. The molecule has 2 aromatic rings. The van der Waals surface area contributed by atoms with Crippen LogP contribution in [-0.4, -0.2) is 29.8 Å². The molecule has 0 unspecified atom stereocenters. The molecule has 0 spiro atoms. The van der Waals surface area contributed by atoms with Gasteiger partial charge in [-0.25, -0.2) is 4.98 Å². The van der Waals surface area contributed by atoms with Crippen LogP contribution in [0.4, 0.5) is 0 Å². The van der Waals surface area contributed by atoms with Crippen LogP contribution in [0.25, 0.3) is 10.9 Å². The van der Waals surface area contributed by atoms with E-state index in [0.29, 0.717) is 12.3 Å². The predicted molar refractivity (Wildman–Crippen MR) is 82.3 cm³/mol. The summed E-state index contributed by atoms with van der Waals surface area (Å²) < 4.78 is 17.0. The van der Waals surface area contributed by atoms with Gasteiger partial charge < -0.3 is 14.2 Å². The lowest BCUT2D eigenvalue weighted by Gasteiger charge is -2.38. The third-order valence-corrected chi connectivity index (χ3v) is 3.94. The number of ether oxygens (including phenoxy) is 3. The van der Waals surface area contributed by atoms with Gasteiger partial charge in [0.25, 0.3) is 0 Å². The van der Waals surface area contributed by atoms with E-state index in [1.165, 1.54) is 6.92 Å². The summed E-state index contributed by atoms with van der Waals surface area (Å²) in [6.45, 7) is 5.20. The molecule has 0 saturated heterocycles. The van der Waals surface area contributed by atoms with Gasteiger partial charge in [-0.3, -0.25) is 4.79 Å². The molecule has 1 aliphatic heterocycles. The highest BCUT2D eigenvalue weighted by Gasteiger charge is 2.41. The second-order valence-corrected chi connectivity index (χ2v) is 5.95. The molecular formula is C17H19NO4. The molecule has 2 heterocycles. The van der Waals surface area contributed by atoms with Crippen molar-refractivity contribution in [2.45, 2.75) is 38.9 Å². The number of hydrogen-bond donors (Lipinski definition) is 0. The van der Waals surface area contributed by atoms with Crippen molar-refractivity contribution in [1.82, 2.24) is 4.98 Å². The van der Waals surface area contributed by atoms with Gasteiger partial charge in [-0.15, -0.1) is 0 Å². The van der Waals surface area contributed by atoms with Crippen molar-refractivity contribution in [3.05, 3.63) is 29.8 Å². The summed E-state index contributed by atoms with van der Waals surface area (Å²) in [5.74, 6) is 0.954. The van der Waals surface area contributed by atoms with E-state index in [-0.39, 0.29) is 12.1 Å². The number of nitrogens with zero attached hydrogens (tertiary/aromatic N) is 1. The molecule has 0 fully saturated rings. The SMILES string of the molecule is COc1c2c(nc3ccccc13)OC(C)(C)[C@@H](OC(C)=O)C2. The van der Waals surface area contributed by atoms with Gasteiger partial charge in [-0.05, 0) is 26.0 Å². The number of methoxy groups -OCH3 is 1. The average molecular weight is 301 g/mol. The number of para-hydroxylation sites is 1. The zero-order valence-electron chi connectivity index (χ0n) is 13.2. The zero-order valence-corrected chi connectivity index (χ0v) is 13.2. The molecule has 0 amide bonds. The quantitative estimate of drug-likeness (QED) is 0.798. The maximum atomic E-state index is 11.4. The van der Waals surface area contributed by atoms with Gasteiger partial charge in [-0.2, -0.15) is 0 Å². The summed E-state index contributed by atoms with van der Waals surface area (Å²) in [6, 6.07) is 7.75. The number of carbonyl (C=O) groups is 1. The van der Waals surface area contributed by atoms with Gasteiger partial charge >= 0.3 is 5.97 Å². The van der Waals surface area contributed by atoms with Crippen LogP contribution in [0.2, 0.25) is 0 Å². The summed E-state index contributed by atoms with van der Waals surface area (Å²) in [7, 11) is 1.63. The summed E-state index contributed by atoms with van der Waals surface area (Å²) in [4.78, 5) is 15.9. The van der Waals surface area contributed by atoms with Crippen molar-refractivity contribution < 1.29 is 19.0 Å². The standard InChI is InChI=1S/C17H19NO4/c1-10(19)21-14-9-12-15(20-4)11-7-5-6-8-13(11)18-16(12)22-17(14,2)3/h5-8,14H,9H2,1-4H3/t14-/m0/s1.